The van der Waals surface area contributed by atoms with E-state index in [2.05, 4.69) is 10.3 Å². The van der Waals surface area contributed by atoms with Crippen LogP contribution >= 0.6 is 22.9 Å². The molecular formula is C29H30ClF3N4O3S. The van der Waals surface area contributed by atoms with Gasteiger partial charge in [-0.05, 0) is 44.4 Å². The molecule has 0 spiro atoms. The van der Waals surface area contributed by atoms with E-state index in [4.69, 9.17) is 11.6 Å². The Morgan fingerprint density at radius 2 is 1.98 bits per heavy atom. The molecule has 3 aliphatic rings. The fourth-order valence-electron chi connectivity index (χ4n) is 5.79. The maximum Gasteiger partial charge on any atom is 0.251 e. The molecule has 1 aliphatic heterocycles. The summed E-state index contributed by atoms with van der Waals surface area (Å²) in [6.07, 6.45) is 6.56. The Kier molecular flexibility index (Phi) is 8.29. The number of rotatable bonds is 7. The maximum atomic E-state index is 14.6. The van der Waals surface area contributed by atoms with Gasteiger partial charge in [0.05, 0.1) is 10.4 Å². The van der Waals surface area contributed by atoms with Crippen molar-refractivity contribution < 1.29 is 27.6 Å². The molecule has 3 amide bonds. The molecule has 0 bridgehead atoms. The summed E-state index contributed by atoms with van der Waals surface area (Å²) in [5, 5.41) is 4.54. The van der Waals surface area contributed by atoms with Crippen LogP contribution in [0.5, 0.6) is 0 Å². The van der Waals surface area contributed by atoms with E-state index in [0.717, 1.165) is 6.07 Å². The van der Waals surface area contributed by atoms with Crippen molar-refractivity contribution in [1.29, 1.82) is 0 Å². The summed E-state index contributed by atoms with van der Waals surface area (Å²) in [5.74, 6) is -5.36. The molecule has 12 heteroatoms. The molecule has 1 saturated heterocycles. The lowest BCUT2D eigenvalue weighted by Gasteiger charge is -2.43. The molecule has 4 atom stereocenters. The largest absolute Gasteiger partial charge is 0.352 e. The second-order valence-corrected chi connectivity index (χ2v) is 12.4. The van der Waals surface area contributed by atoms with Gasteiger partial charge in [-0.25, -0.2) is 18.2 Å². The average molecular weight is 607 g/mol. The number of nitrogens with zero attached hydrogens (tertiary/aromatic N) is 3. The van der Waals surface area contributed by atoms with Gasteiger partial charge in [0.15, 0.2) is 0 Å². The van der Waals surface area contributed by atoms with Crippen LogP contribution < -0.4 is 15.1 Å². The predicted octanol–water partition coefficient (Wildman–Crippen LogP) is 5.61. The number of aromatic nitrogens is 1. The quantitative estimate of drug-likeness (QED) is 0.415. The number of carbonyl (C=O) groups is 3. The third-order valence-electron chi connectivity index (χ3n) is 7.94. The van der Waals surface area contributed by atoms with Crippen molar-refractivity contribution in [2.24, 2.45) is 5.92 Å². The van der Waals surface area contributed by atoms with Gasteiger partial charge in [0.1, 0.15) is 23.7 Å². The van der Waals surface area contributed by atoms with Crippen molar-refractivity contribution in [2.75, 3.05) is 9.80 Å². The molecule has 1 aromatic carbocycles. The van der Waals surface area contributed by atoms with Crippen LogP contribution in [0.2, 0.25) is 0 Å². The van der Waals surface area contributed by atoms with Crippen molar-refractivity contribution in [3.63, 3.8) is 0 Å². The van der Waals surface area contributed by atoms with Crippen LogP contribution in [0.15, 0.2) is 59.5 Å². The van der Waals surface area contributed by atoms with Crippen LogP contribution in [0, 0.1) is 11.7 Å². The number of hydrogen-bond donors (Lipinski definition) is 1. The summed E-state index contributed by atoms with van der Waals surface area (Å²) in [7, 11) is 0. The minimum atomic E-state index is -2.79. The number of thiazole rings is 1. The van der Waals surface area contributed by atoms with E-state index in [1.165, 1.54) is 39.3 Å². The molecule has 218 valence electrons. The number of nitrogens with one attached hydrogen (secondary N) is 1. The van der Waals surface area contributed by atoms with Gasteiger partial charge in [0.25, 0.3) is 5.91 Å². The van der Waals surface area contributed by atoms with Gasteiger partial charge in [-0.3, -0.25) is 24.2 Å². The number of alkyl halides is 3. The minimum absolute atomic E-state index is 0.0760. The number of benzene rings is 1. The molecule has 2 aromatic rings. The number of amides is 3. The maximum absolute atomic E-state index is 14.6. The lowest BCUT2D eigenvalue weighted by Crippen LogP contribution is -2.61. The highest BCUT2D eigenvalue weighted by Gasteiger charge is 2.49. The van der Waals surface area contributed by atoms with E-state index in [-0.39, 0.29) is 50.1 Å². The van der Waals surface area contributed by atoms with E-state index >= 15 is 0 Å². The van der Waals surface area contributed by atoms with Gasteiger partial charge >= 0.3 is 0 Å². The fourth-order valence-corrected chi connectivity index (χ4v) is 6.58. The van der Waals surface area contributed by atoms with E-state index in [0.29, 0.717) is 5.82 Å². The molecule has 5 rings (SSSR count). The molecule has 41 heavy (non-hydrogen) atoms. The molecule has 2 heterocycles. The summed E-state index contributed by atoms with van der Waals surface area (Å²) in [6, 6.07) is 2.50. The van der Waals surface area contributed by atoms with E-state index in [9.17, 15) is 27.6 Å². The number of allylic oxidation sites excluding steroid dienone is 3. The topological polar surface area (TPSA) is 82.6 Å². The SMILES string of the molecule is CC1(Cl)C=CC=CC1[C@@H](C(=O)NC1CCC(F)(F)CC1)N(C(=O)[C@@H]1CCC(=O)N1c1cscn1)c1cccc(F)c1. The predicted molar refractivity (Wildman–Crippen MR) is 152 cm³/mol. The van der Waals surface area contributed by atoms with Crippen LogP contribution in [0.4, 0.5) is 24.7 Å². The van der Waals surface area contributed by atoms with Crippen LogP contribution in [0.25, 0.3) is 0 Å². The molecule has 1 N–H and O–H groups in total. The Bertz CT molecular complexity index is 1360. The Hall–Kier alpha value is -3.18. The van der Waals surface area contributed by atoms with Gasteiger partial charge in [-0.1, -0.05) is 30.4 Å². The average Bonchev–Trinajstić information content (AvgIpc) is 3.58. The van der Waals surface area contributed by atoms with Crippen molar-refractivity contribution in [1.82, 2.24) is 10.3 Å². The van der Waals surface area contributed by atoms with Gasteiger partial charge in [-0.2, -0.15) is 0 Å². The zero-order valence-corrected chi connectivity index (χ0v) is 23.9. The minimum Gasteiger partial charge on any atom is -0.352 e. The highest BCUT2D eigenvalue weighted by Crippen LogP contribution is 2.39. The Balaban J connectivity index is 1.57. The lowest BCUT2D eigenvalue weighted by atomic mass is 9.81. The summed E-state index contributed by atoms with van der Waals surface area (Å²) < 4.78 is 42.3. The van der Waals surface area contributed by atoms with E-state index < -0.39 is 52.5 Å². The van der Waals surface area contributed by atoms with Crippen LogP contribution in [0.1, 0.15) is 45.4 Å². The van der Waals surface area contributed by atoms with Gasteiger partial charge in [0, 0.05) is 42.3 Å². The third kappa shape index (κ3) is 6.21. The van der Waals surface area contributed by atoms with Crippen molar-refractivity contribution in [3.8, 4) is 0 Å². The summed E-state index contributed by atoms with van der Waals surface area (Å²) >= 11 is 8.19. The number of halogens is 4. The molecule has 1 saturated carbocycles. The fraction of sp³-hybridized carbons (Fsp3) is 0.448. The van der Waals surface area contributed by atoms with Gasteiger partial charge in [0.2, 0.25) is 17.7 Å². The first-order valence-electron chi connectivity index (χ1n) is 13.5. The smallest absolute Gasteiger partial charge is 0.251 e. The standard InChI is InChI=1S/C29H30ClF3N4O3S/c1-28(30)12-3-2-7-21(28)25(26(39)35-19-10-13-29(32,33)14-11-19)36(20-6-4-5-18(31)15-20)27(40)22-8-9-24(38)37(22)23-16-41-17-34-23/h2-7,12,15-17,19,21-22,25H,8-11,13-14H2,1H3,(H,35,39)/t21?,22-,25-,28?/m0/s1. The molecule has 2 unspecified atom stereocenters. The zero-order valence-electron chi connectivity index (χ0n) is 22.3. The first-order chi connectivity index (χ1) is 19.5. The molecule has 0 radical (unpaired) electrons. The highest BCUT2D eigenvalue weighted by molar-refractivity contribution is 7.07. The third-order valence-corrected chi connectivity index (χ3v) is 8.89. The molecular weight excluding hydrogens is 577 g/mol. The second kappa shape index (κ2) is 11.6. The van der Waals surface area contributed by atoms with E-state index in [1.807, 2.05) is 0 Å². The molecule has 2 fully saturated rings. The molecule has 7 nitrogen and oxygen atoms in total. The monoisotopic (exact) mass is 606 g/mol. The van der Waals surface area contributed by atoms with Crippen LogP contribution in [-0.4, -0.2) is 51.6 Å². The van der Waals surface area contributed by atoms with Gasteiger partial charge < -0.3 is 5.32 Å². The first kappa shape index (κ1) is 29.3. The zero-order chi connectivity index (χ0) is 29.4. The Morgan fingerprint density at radius 3 is 2.63 bits per heavy atom. The van der Waals surface area contributed by atoms with Gasteiger partial charge in [-0.15, -0.1) is 22.9 Å². The van der Waals surface area contributed by atoms with E-state index in [1.54, 1.807) is 42.1 Å². The summed E-state index contributed by atoms with van der Waals surface area (Å²) in [6.45, 7) is 1.70. The Morgan fingerprint density at radius 1 is 1.22 bits per heavy atom. The number of hydrogen-bond acceptors (Lipinski definition) is 5. The van der Waals surface area contributed by atoms with Crippen LogP contribution in [-0.2, 0) is 14.4 Å². The van der Waals surface area contributed by atoms with Crippen LogP contribution in [0.3, 0.4) is 0 Å². The van der Waals surface area contributed by atoms with Crippen molar-refractivity contribution >= 4 is 52.2 Å². The number of carbonyl (C=O) groups excluding carboxylic acids is 3. The van der Waals surface area contributed by atoms with Crippen molar-refractivity contribution in [2.45, 2.75) is 74.4 Å². The summed E-state index contributed by atoms with van der Waals surface area (Å²) in [5.41, 5.74) is 1.66. The second-order valence-electron chi connectivity index (χ2n) is 10.9. The molecule has 1 aromatic heterocycles. The lowest BCUT2D eigenvalue weighted by molar-refractivity contribution is -0.129. The molecule has 2 aliphatic carbocycles. The number of anilines is 2. The highest BCUT2D eigenvalue weighted by atomic mass is 35.5. The Labute approximate surface area is 245 Å². The summed E-state index contributed by atoms with van der Waals surface area (Å²) in [4.78, 5) is 47.2. The normalized spacial score (nSPS) is 26.7. The van der Waals surface area contributed by atoms with Crippen molar-refractivity contribution in [3.05, 3.63) is 65.3 Å². The first-order valence-corrected chi connectivity index (χ1v) is 14.8.